The van der Waals surface area contributed by atoms with E-state index in [1.165, 1.54) is 6.42 Å². The average Bonchev–Trinajstić information content (AvgIpc) is 3.06. The van der Waals surface area contributed by atoms with Crippen LogP contribution in [0.4, 0.5) is 11.4 Å². The van der Waals surface area contributed by atoms with Gasteiger partial charge in [0.05, 0.1) is 5.41 Å². The van der Waals surface area contributed by atoms with E-state index in [1.54, 1.807) is 6.92 Å². The standard InChI is InChI=1S/C20H27N3O2/c1-14(24)23-10-4-5-15-11-17(7-8-18(15)23)22-19(25)20-9-3-2-6-16(20)12-21-13-20/h7-8,11,16,21H,2-6,9-10,12-13H2,1H3,(H,22,25)/t16-,20+/m0/s1. The zero-order chi connectivity index (χ0) is 17.4. The highest BCUT2D eigenvalue weighted by molar-refractivity contribution is 5.97. The smallest absolute Gasteiger partial charge is 0.232 e. The number of anilines is 2. The molecule has 1 saturated heterocycles. The van der Waals surface area contributed by atoms with Crippen LogP contribution >= 0.6 is 0 Å². The molecular formula is C20H27N3O2. The summed E-state index contributed by atoms with van der Waals surface area (Å²) in [5.41, 5.74) is 2.77. The van der Waals surface area contributed by atoms with Crippen LogP contribution in [0.2, 0.25) is 0 Å². The number of nitrogens with one attached hydrogen (secondary N) is 2. The summed E-state index contributed by atoms with van der Waals surface area (Å²) in [5.74, 6) is 0.715. The quantitative estimate of drug-likeness (QED) is 0.869. The van der Waals surface area contributed by atoms with Gasteiger partial charge in [-0.05, 0) is 61.9 Å². The highest BCUT2D eigenvalue weighted by Gasteiger charge is 2.49. The molecule has 4 rings (SSSR count). The van der Waals surface area contributed by atoms with Crippen LogP contribution in [-0.4, -0.2) is 31.4 Å². The molecule has 1 aliphatic carbocycles. The van der Waals surface area contributed by atoms with Gasteiger partial charge in [-0.2, -0.15) is 0 Å². The molecule has 0 radical (unpaired) electrons. The second-order valence-electron chi connectivity index (χ2n) is 7.80. The van der Waals surface area contributed by atoms with Crippen LogP contribution < -0.4 is 15.5 Å². The summed E-state index contributed by atoms with van der Waals surface area (Å²) < 4.78 is 0. The predicted octanol–water partition coefficient (Wildman–Crippen LogP) is 2.70. The van der Waals surface area contributed by atoms with Crippen molar-refractivity contribution >= 4 is 23.2 Å². The fourth-order valence-corrected chi connectivity index (χ4v) is 4.95. The molecule has 2 heterocycles. The van der Waals surface area contributed by atoms with Crippen LogP contribution in [0.5, 0.6) is 0 Å². The van der Waals surface area contributed by atoms with Gasteiger partial charge >= 0.3 is 0 Å². The molecule has 3 aliphatic rings. The van der Waals surface area contributed by atoms with Gasteiger partial charge in [0.1, 0.15) is 0 Å². The minimum atomic E-state index is -0.237. The Morgan fingerprint density at radius 2 is 2.16 bits per heavy atom. The molecule has 134 valence electrons. The molecule has 2 amide bonds. The largest absolute Gasteiger partial charge is 0.326 e. The Hall–Kier alpha value is -1.88. The number of hydrogen-bond donors (Lipinski definition) is 2. The van der Waals surface area contributed by atoms with E-state index in [2.05, 4.69) is 16.7 Å². The second-order valence-corrected chi connectivity index (χ2v) is 7.80. The number of nitrogens with zero attached hydrogens (tertiary/aromatic N) is 1. The highest BCUT2D eigenvalue weighted by Crippen LogP contribution is 2.44. The van der Waals surface area contributed by atoms with E-state index in [-0.39, 0.29) is 17.2 Å². The zero-order valence-electron chi connectivity index (χ0n) is 14.9. The first-order chi connectivity index (χ1) is 12.1. The Bertz CT molecular complexity index is 702. The summed E-state index contributed by atoms with van der Waals surface area (Å²) in [4.78, 5) is 26.7. The molecule has 2 N–H and O–H groups in total. The molecule has 2 aliphatic heterocycles. The third kappa shape index (κ3) is 2.84. The topological polar surface area (TPSA) is 61.4 Å². The maximum atomic E-state index is 13.1. The Balaban J connectivity index is 1.55. The molecular weight excluding hydrogens is 314 g/mol. The molecule has 2 atom stereocenters. The molecule has 5 nitrogen and oxygen atoms in total. The second kappa shape index (κ2) is 6.45. The van der Waals surface area contributed by atoms with Gasteiger partial charge in [-0.25, -0.2) is 0 Å². The summed E-state index contributed by atoms with van der Waals surface area (Å²) >= 11 is 0. The van der Waals surface area contributed by atoms with Crippen molar-refractivity contribution < 1.29 is 9.59 Å². The number of benzene rings is 1. The molecule has 0 aromatic heterocycles. The number of aryl methyl sites for hydroxylation is 1. The first kappa shape index (κ1) is 16.6. The van der Waals surface area contributed by atoms with Crippen molar-refractivity contribution in [2.75, 3.05) is 29.9 Å². The van der Waals surface area contributed by atoms with Crippen LogP contribution in [0, 0.1) is 11.3 Å². The monoisotopic (exact) mass is 341 g/mol. The maximum Gasteiger partial charge on any atom is 0.232 e. The summed E-state index contributed by atoms with van der Waals surface area (Å²) in [6.45, 7) is 4.16. The van der Waals surface area contributed by atoms with Gasteiger partial charge in [-0.3, -0.25) is 9.59 Å². The first-order valence-corrected chi connectivity index (χ1v) is 9.53. The fraction of sp³-hybridized carbons (Fsp3) is 0.600. The maximum absolute atomic E-state index is 13.1. The van der Waals surface area contributed by atoms with Gasteiger partial charge in [-0.1, -0.05) is 12.8 Å². The van der Waals surface area contributed by atoms with E-state index >= 15 is 0 Å². The van der Waals surface area contributed by atoms with Crippen molar-refractivity contribution in [2.24, 2.45) is 11.3 Å². The molecule has 5 heteroatoms. The van der Waals surface area contributed by atoms with Gasteiger partial charge in [0.15, 0.2) is 0 Å². The summed E-state index contributed by atoms with van der Waals surface area (Å²) in [5, 5.41) is 6.62. The van der Waals surface area contributed by atoms with E-state index in [9.17, 15) is 9.59 Å². The van der Waals surface area contributed by atoms with Crippen molar-refractivity contribution in [2.45, 2.75) is 45.4 Å². The van der Waals surface area contributed by atoms with E-state index in [1.807, 2.05) is 17.0 Å². The van der Waals surface area contributed by atoms with Gasteiger partial charge in [0.2, 0.25) is 11.8 Å². The Morgan fingerprint density at radius 1 is 1.28 bits per heavy atom. The van der Waals surface area contributed by atoms with Crippen LogP contribution in [0.25, 0.3) is 0 Å². The number of carbonyl (C=O) groups is 2. The van der Waals surface area contributed by atoms with Gasteiger partial charge in [0.25, 0.3) is 0 Å². The van der Waals surface area contributed by atoms with Crippen molar-refractivity contribution in [3.05, 3.63) is 23.8 Å². The van der Waals surface area contributed by atoms with Crippen molar-refractivity contribution in [1.82, 2.24) is 5.32 Å². The number of fused-ring (bicyclic) bond motifs is 2. The lowest BCUT2D eigenvalue weighted by Crippen LogP contribution is -2.44. The van der Waals surface area contributed by atoms with E-state index < -0.39 is 0 Å². The Kier molecular flexibility index (Phi) is 4.28. The van der Waals surface area contributed by atoms with E-state index in [0.29, 0.717) is 5.92 Å². The molecule has 1 aromatic rings. The predicted molar refractivity (Wildman–Crippen MR) is 98.7 cm³/mol. The Labute approximate surface area is 149 Å². The summed E-state index contributed by atoms with van der Waals surface area (Å²) in [7, 11) is 0. The Morgan fingerprint density at radius 3 is 3.00 bits per heavy atom. The summed E-state index contributed by atoms with van der Waals surface area (Å²) in [6, 6.07) is 5.97. The van der Waals surface area contributed by atoms with Gasteiger partial charge in [0, 0.05) is 31.4 Å². The van der Waals surface area contributed by atoms with Crippen molar-refractivity contribution in [1.29, 1.82) is 0 Å². The van der Waals surface area contributed by atoms with E-state index in [0.717, 1.165) is 68.7 Å². The summed E-state index contributed by atoms with van der Waals surface area (Å²) in [6.07, 6.45) is 6.44. The third-order valence-corrected chi connectivity index (χ3v) is 6.33. The van der Waals surface area contributed by atoms with Crippen LogP contribution in [0.15, 0.2) is 18.2 Å². The zero-order valence-corrected chi connectivity index (χ0v) is 14.9. The van der Waals surface area contributed by atoms with Crippen LogP contribution in [0.1, 0.15) is 44.6 Å². The average molecular weight is 341 g/mol. The molecule has 25 heavy (non-hydrogen) atoms. The SMILES string of the molecule is CC(=O)N1CCCc2cc(NC(=O)[C@@]34CCCC[C@H]3CNC4)ccc21. The van der Waals surface area contributed by atoms with Gasteiger partial charge in [-0.15, -0.1) is 0 Å². The highest BCUT2D eigenvalue weighted by atomic mass is 16.2. The molecule has 2 fully saturated rings. The van der Waals surface area contributed by atoms with E-state index in [4.69, 9.17) is 0 Å². The molecule has 1 aromatic carbocycles. The third-order valence-electron chi connectivity index (χ3n) is 6.33. The molecule has 0 unspecified atom stereocenters. The van der Waals surface area contributed by atoms with Crippen LogP contribution in [-0.2, 0) is 16.0 Å². The molecule has 0 spiro atoms. The number of rotatable bonds is 2. The van der Waals surface area contributed by atoms with Crippen LogP contribution in [0.3, 0.4) is 0 Å². The lowest BCUT2D eigenvalue weighted by Gasteiger charge is -2.37. The minimum absolute atomic E-state index is 0.0821. The first-order valence-electron chi connectivity index (χ1n) is 9.53. The van der Waals surface area contributed by atoms with Crippen molar-refractivity contribution in [3.63, 3.8) is 0 Å². The van der Waals surface area contributed by atoms with Gasteiger partial charge < -0.3 is 15.5 Å². The molecule has 1 saturated carbocycles. The minimum Gasteiger partial charge on any atom is -0.326 e. The lowest BCUT2D eigenvalue weighted by atomic mass is 9.67. The number of amides is 2. The van der Waals surface area contributed by atoms with Crippen molar-refractivity contribution in [3.8, 4) is 0 Å². The lowest BCUT2D eigenvalue weighted by molar-refractivity contribution is -0.128. The molecule has 0 bridgehead atoms. The number of carbonyl (C=O) groups excluding carboxylic acids is 2. The fourth-order valence-electron chi connectivity index (χ4n) is 4.95. The normalized spacial score (nSPS) is 28.2. The number of hydrogen-bond acceptors (Lipinski definition) is 3.